The predicted molar refractivity (Wildman–Crippen MR) is 71.6 cm³/mol. The van der Waals surface area contributed by atoms with Gasteiger partial charge in [-0.2, -0.15) is 4.72 Å². The van der Waals surface area contributed by atoms with E-state index >= 15 is 0 Å². The number of hydrogen-bond donors (Lipinski definition) is 3. The van der Waals surface area contributed by atoms with Crippen molar-refractivity contribution in [3.63, 3.8) is 0 Å². The number of primary amides is 1. The normalized spacial score (nSPS) is 12.9. The van der Waals surface area contributed by atoms with E-state index in [2.05, 4.69) is 0 Å². The van der Waals surface area contributed by atoms with Crippen molar-refractivity contribution in [2.24, 2.45) is 5.73 Å². The second-order valence-electron chi connectivity index (χ2n) is 4.09. The number of carboxylic acids is 1. The second kappa shape index (κ2) is 6.83. The molecule has 0 aliphatic rings. The number of hydrogen-bond acceptors (Lipinski definition) is 4. The van der Waals surface area contributed by atoms with E-state index in [1.165, 1.54) is 0 Å². The number of benzene rings is 1. The van der Waals surface area contributed by atoms with Gasteiger partial charge in [0.25, 0.3) is 0 Å². The maximum Gasteiger partial charge on any atom is 0.321 e. The standard InChI is InChI=1S/C11H12ClFN2O5S/c12-6-1-3-9(7(13)5-6)21(19,20)15-8(11(17)18)2-4-10(14)16/h1,3,5,8,15H,2,4H2,(H2,14,16)(H,17,18). The molecule has 0 aliphatic carbocycles. The summed E-state index contributed by atoms with van der Waals surface area (Å²) in [5.41, 5.74) is 4.87. The van der Waals surface area contributed by atoms with E-state index in [1.807, 2.05) is 0 Å². The molecule has 1 atom stereocenters. The fourth-order valence-corrected chi connectivity index (χ4v) is 2.91. The Kier molecular flexibility index (Phi) is 5.64. The van der Waals surface area contributed by atoms with E-state index in [1.54, 1.807) is 4.72 Å². The molecule has 0 bridgehead atoms. The summed E-state index contributed by atoms with van der Waals surface area (Å²) in [4.78, 5) is 20.9. The molecule has 0 heterocycles. The SMILES string of the molecule is NC(=O)CCC(NS(=O)(=O)c1ccc(Cl)cc1F)C(=O)O. The average Bonchev–Trinajstić information content (AvgIpc) is 2.33. The molecule has 10 heteroatoms. The van der Waals surface area contributed by atoms with Crippen molar-refractivity contribution in [2.75, 3.05) is 0 Å². The Bertz CT molecular complexity index is 665. The highest BCUT2D eigenvalue weighted by atomic mass is 35.5. The zero-order valence-corrected chi connectivity index (χ0v) is 12.1. The number of halogens is 2. The Morgan fingerprint density at radius 2 is 2.05 bits per heavy atom. The third kappa shape index (κ3) is 4.96. The lowest BCUT2D eigenvalue weighted by atomic mass is 10.2. The first-order valence-electron chi connectivity index (χ1n) is 5.62. The lowest BCUT2D eigenvalue weighted by molar-refractivity contribution is -0.139. The number of nitrogens with one attached hydrogen (secondary N) is 1. The summed E-state index contributed by atoms with van der Waals surface area (Å²) in [6, 6.07) is 1.25. The number of amides is 1. The zero-order valence-electron chi connectivity index (χ0n) is 10.5. The van der Waals surface area contributed by atoms with Gasteiger partial charge in [-0.3, -0.25) is 9.59 Å². The van der Waals surface area contributed by atoms with Crippen molar-refractivity contribution in [2.45, 2.75) is 23.8 Å². The van der Waals surface area contributed by atoms with Crippen LogP contribution in [0.15, 0.2) is 23.1 Å². The minimum atomic E-state index is -4.42. The lowest BCUT2D eigenvalue weighted by Crippen LogP contribution is -2.41. The van der Waals surface area contributed by atoms with Crippen LogP contribution in [-0.2, 0) is 19.6 Å². The highest BCUT2D eigenvalue weighted by molar-refractivity contribution is 7.89. The number of carboxylic acid groups (broad SMARTS) is 1. The summed E-state index contributed by atoms with van der Waals surface area (Å²) < 4.78 is 39.3. The topological polar surface area (TPSA) is 127 Å². The van der Waals surface area contributed by atoms with Crippen molar-refractivity contribution in [3.05, 3.63) is 29.0 Å². The van der Waals surface area contributed by atoms with Crippen molar-refractivity contribution in [3.8, 4) is 0 Å². The van der Waals surface area contributed by atoms with Crippen LogP contribution in [0.3, 0.4) is 0 Å². The number of aliphatic carboxylic acids is 1. The summed E-state index contributed by atoms with van der Waals surface area (Å²) in [7, 11) is -4.42. The van der Waals surface area contributed by atoms with E-state index in [9.17, 15) is 22.4 Å². The summed E-state index contributed by atoms with van der Waals surface area (Å²) in [6.45, 7) is 0. The van der Waals surface area contributed by atoms with Crippen LogP contribution in [-0.4, -0.2) is 31.4 Å². The van der Waals surface area contributed by atoms with Gasteiger partial charge < -0.3 is 10.8 Å². The van der Waals surface area contributed by atoms with E-state index in [0.29, 0.717) is 0 Å². The molecule has 21 heavy (non-hydrogen) atoms. The Hall–Kier alpha value is -1.71. The summed E-state index contributed by atoms with van der Waals surface area (Å²) >= 11 is 5.51. The average molecular weight is 339 g/mol. The molecule has 0 aromatic heterocycles. The van der Waals surface area contributed by atoms with Gasteiger partial charge in [-0.25, -0.2) is 12.8 Å². The summed E-state index contributed by atoms with van der Waals surface area (Å²) in [5.74, 6) is -3.40. The zero-order chi connectivity index (χ0) is 16.2. The molecule has 0 aliphatic heterocycles. The Morgan fingerprint density at radius 3 is 2.52 bits per heavy atom. The largest absolute Gasteiger partial charge is 0.480 e. The lowest BCUT2D eigenvalue weighted by Gasteiger charge is -2.14. The third-order valence-corrected chi connectivity index (χ3v) is 4.20. The molecular weight excluding hydrogens is 327 g/mol. The molecule has 0 saturated heterocycles. The molecule has 1 amide bonds. The highest BCUT2D eigenvalue weighted by Crippen LogP contribution is 2.19. The van der Waals surface area contributed by atoms with Gasteiger partial charge in [-0.05, 0) is 24.6 Å². The summed E-state index contributed by atoms with van der Waals surface area (Å²) in [6.07, 6.45) is -0.679. The fourth-order valence-electron chi connectivity index (χ4n) is 1.46. The Morgan fingerprint density at radius 1 is 1.43 bits per heavy atom. The summed E-state index contributed by atoms with van der Waals surface area (Å²) in [5, 5.41) is 8.91. The van der Waals surface area contributed by atoms with E-state index in [4.69, 9.17) is 22.4 Å². The minimum Gasteiger partial charge on any atom is -0.480 e. The molecular formula is C11H12ClFN2O5S. The number of nitrogens with two attached hydrogens (primary N) is 1. The smallest absolute Gasteiger partial charge is 0.321 e. The molecule has 7 nitrogen and oxygen atoms in total. The molecule has 1 aromatic rings. The minimum absolute atomic E-state index is 0.00466. The van der Waals surface area contributed by atoms with Crippen LogP contribution in [0.25, 0.3) is 0 Å². The first-order valence-corrected chi connectivity index (χ1v) is 7.48. The van der Waals surface area contributed by atoms with Crippen molar-refractivity contribution in [1.29, 1.82) is 0 Å². The van der Waals surface area contributed by atoms with E-state index < -0.39 is 38.7 Å². The van der Waals surface area contributed by atoms with Gasteiger partial charge in [0, 0.05) is 11.4 Å². The molecule has 1 aromatic carbocycles. The van der Waals surface area contributed by atoms with Crippen molar-refractivity contribution >= 4 is 33.5 Å². The second-order valence-corrected chi connectivity index (χ2v) is 6.21. The van der Waals surface area contributed by atoms with E-state index in [0.717, 1.165) is 18.2 Å². The first-order chi connectivity index (χ1) is 9.63. The van der Waals surface area contributed by atoms with Crippen LogP contribution in [0.5, 0.6) is 0 Å². The maximum absolute atomic E-state index is 13.6. The molecule has 0 saturated carbocycles. The van der Waals surface area contributed by atoms with Crippen LogP contribution in [0.2, 0.25) is 5.02 Å². The molecule has 1 unspecified atom stereocenters. The number of carbonyl (C=O) groups is 2. The van der Waals surface area contributed by atoms with Gasteiger partial charge in [0.15, 0.2) is 0 Å². The maximum atomic E-state index is 13.6. The molecule has 1 rings (SSSR count). The van der Waals surface area contributed by atoms with Gasteiger partial charge in [0.2, 0.25) is 15.9 Å². The molecule has 0 spiro atoms. The van der Waals surface area contributed by atoms with E-state index in [-0.39, 0.29) is 17.9 Å². The molecule has 0 fully saturated rings. The van der Waals surface area contributed by atoms with Crippen molar-refractivity contribution in [1.82, 2.24) is 4.72 Å². The Labute approximate surface area is 124 Å². The van der Waals surface area contributed by atoms with Gasteiger partial charge in [-0.1, -0.05) is 11.6 Å². The van der Waals surface area contributed by atoms with Gasteiger partial charge >= 0.3 is 5.97 Å². The van der Waals surface area contributed by atoms with Gasteiger partial charge in [0.05, 0.1) is 0 Å². The third-order valence-electron chi connectivity index (χ3n) is 2.46. The first kappa shape index (κ1) is 17.3. The van der Waals surface area contributed by atoms with Crippen LogP contribution < -0.4 is 10.5 Å². The number of rotatable bonds is 7. The van der Waals surface area contributed by atoms with Crippen LogP contribution in [0.1, 0.15) is 12.8 Å². The number of carbonyl (C=O) groups excluding carboxylic acids is 1. The predicted octanol–water partition coefficient (Wildman–Crippen LogP) is 0.476. The Balaban J connectivity index is 3.00. The van der Waals surface area contributed by atoms with Crippen LogP contribution >= 0.6 is 11.6 Å². The quantitative estimate of drug-likeness (QED) is 0.666. The number of sulfonamides is 1. The molecule has 4 N–H and O–H groups in total. The van der Waals surface area contributed by atoms with Crippen LogP contribution in [0.4, 0.5) is 4.39 Å². The van der Waals surface area contributed by atoms with Crippen molar-refractivity contribution < 1.29 is 27.5 Å². The van der Waals surface area contributed by atoms with Crippen LogP contribution in [0, 0.1) is 5.82 Å². The van der Waals surface area contributed by atoms with Gasteiger partial charge in [-0.15, -0.1) is 0 Å². The molecule has 0 radical (unpaired) electrons. The monoisotopic (exact) mass is 338 g/mol. The van der Waals surface area contributed by atoms with Gasteiger partial charge in [0.1, 0.15) is 16.8 Å². The molecule has 116 valence electrons. The fraction of sp³-hybridized carbons (Fsp3) is 0.273. The highest BCUT2D eigenvalue weighted by Gasteiger charge is 2.27.